The standard InChI is InChI=1S/C27H36N4O2/c1-2-33-26-23-12-10-21(11-13-24(23)28-25(29-26)20-8-4-3-5-9-20)27(32)31-18-14-22(15-19-31)30-16-6-7-17-30/h3-5,8-9,21-22H,2,6-7,10-19H2,1H3. The van der Waals surface area contributed by atoms with Crippen LogP contribution in [0.1, 0.15) is 56.7 Å². The summed E-state index contributed by atoms with van der Waals surface area (Å²) in [6, 6.07) is 10.8. The van der Waals surface area contributed by atoms with Crippen molar-refractivity contribution in [1.82, 2.24) is 19.8 Å². The summed E-state index contributed by atoms with van der Waals surface area (Å²) in [6.45, 7) is 6.87. The fraction of sp³-hybridized carbons (Fsp3) is 0.593. The Morgan fingerprint density at radius 3 is 2.42 bits per heavy atom. The van der Waals surface area contributed by atoms with Crippen LogP contribution in [0.4, 0.5) is 0 Å². The van der Waals surface area contributed by atoms with E-state index in [1.54, 1.807) is 0 Å². The fourth-order valence-corrected chi connectivity index (χ4v) is 5.77. The molecule has 2 aromatic rings. The predicted octanol–water partition coefficient (Wildman–Crippen LogP) is 4.12. The van der Waals surface area contributed by atoms with Gasteiger partial charge in [-0.1, -0.05) is 30.3 Å². The highest BCUT2D eigenvalue weighted by Gasteiger charge is 2.33. The number of fused-ring (bicyclic) bond motifs is 1. The molecule has 0 radical (unpaired) electrons. The van der Waals surface area contributed by atoms with Crippen LogP contribution in [0.25, 0.3) is 11.4 Å². The third kappa shape index (κ3) is 4.91. The first-order valence-corrected chi connectivity index (χ1v) is 12.8. The highest BCUT2D eigenvalue weighted by atomic mass is 16.5. The second-order valence-corrected chi connectivity index (χ2v) is 9.65. The van der Waals surface area contributed by atoms with E-state index in [-0.39, 0.29) is 5.92 Å². The lowest BCUT2D eigenvalue weighted by molar-refractivity contribution is -0.137. The minimum Gasteiger partial charge on any atom is -0.478 e. The van der Waals surface area contributed by atoms with Gasteiger partial charge in [0.2, 0.25) is 11.8 Å². The van der Waals surface area contributed by atoms with Crippen LogP contribution in [0.15, 0.2) is 30.3 Å². The summed E-state index contributed by atoms with van der Waals surface area (Å²) in [5.41, 5.74) is 3.15. The summed E-state index contributed by atoms with van der Waals surface area (Å²) >= 11 is 0. The lowest BCUT2D eigenvalue weighted by Gasteiger charge is -2.38. The minimum atomic E-state index is 0.0668. The molecule has 0 saturated carbocycles. The van der Waals surface area contributed by atoms with Crippen molar-refractivity contribution >= 4 is 5.91 Å². The molecule has 0 bridgehead atoms. The number of carbonyl (C=O) groups excluding carboxylic acids is 1. The van der Waals surface area contributed by atoms with E-state index in [2.05, 4.69) is 9.80 Å². The van der Waals surface area contributed by atoms with Gasteiger partial charge in [-0.2, -0.15) is 4.98 Å². The molecule has 1 unspecified atom stereocenters. The molecular formula is C27H36N4O2. The fourth-order valence-electron chi connectivity index (χ4n) is 5.77. The predicted molar refractivity (Wildman–Crippen MR) is 129 cm³/mol. The van der Waals surface area contributed by atoms with Crippen molar-refractivity contribution in [3.63, 3.8) is 0 Å². The number of carbonyl (C=O) groups is 1. The number of amides is 1. The van der Waals surface area contributed by atoms with Crippen LogP contribution in [0.3, 0.4) is 0 Å². The monoisotopic (exact) mass is 448 g/mol. The van der Waals surface area contributed by atoms with Crippen molar-refractivity contribution < 1.29 is 9.53 Å². The van der Waals surface area contributed by atoms with Crippen LogP contribution in [-0.2, 0) is 17.6 Å². The van der Waals surface area contributed by atoms with Crippen LogP contribution < -0.4 is 4.74 Å². The van der Waals surface area contributed by atoms with E-state index in [0.717, 1.165) is 68.4 Å². The van der Waals surface area contributed by atoms with Gasteiger partial charge < -0.3 is 14.5 Å². The number of nitrogens with zero attached hydrogens (tertiary/aromatic N) is 4. The SMILES string of the molecule is CCOc1nc(-c2ccccc2)nc2c1CCC(C(=O)N1CCC(N3CCCC3)CC1)CC2. The molecule has 3 aliphatic rings. The van der Waals surface area contributed by atoms with E-state index in [4.69, 9.17) is 14.7 Å². The number of rotatable bonds is 5. The minimum absolute atomic E-state index is 0.0668. The smallest absolute Gasteiger partial charge is 0.225 e. The number of hydrogen-bond acceptors (Lipinski definition) is 5. The number of aromatic nitrogens is 2. The van der Waals surface area contributed by atoms with Crippen molar-refractivity contribution in [3.8, 4) is 17.3 Å². The van der Waals surface area contributed by atoms with Crippen molar-refractivity contribution in [2.24, 2.45) is 5.92 Å². The number of ether oxygens (including phenoxy) is 1. The van der Waals surface area contributed by atoms with Gasteiger partial charge in [0.1, 0.15) is 0 Å². The number of likely N-dealkylation sites (tertiary alicyclic amines) is 2. The van der Waals surface area contributed by atoms with E-state index in [1.807, 2.05) is 37.3 Å². The van der Waals surface area contributed by atoms with Crippen LogP contribution in [0, 0.1) is 5.92 Å². The maximum Gasteiger partial charge on any atom is 0.225 e. The van der Waals surface area contributed by atoms with E-state index in [0.29, 0.717) is 30.3 Å². The highest BCUT2D eigenvalue weighted by molar-refractivity contribution is 5.79. The van der Waals surface area contributed by atoms with Crippen LogP contribution in [0.5, 0.6) is 5.88 Å². The number of piperidine rings is 1. The number of aryl methyl sites for hydroxylation is 1. The van der Waals surface area contributed by atoms with E-state index in [1.165, 1.54) is 25.9 Å². The van der Waals surface area contributed by atoms with Gasteiger partial charge >= 0.3 is 0 Å². The zero-order chi connectivity index (χ0) is 22.6. The maximum absolute atomic E-state index is 13.4. The van der Waals surface area contributed by atoms with Gasteiger partial charge in [0, 0.05) is 36.2 Å². The van der Waals surface area contributed by atoms with Gasteiger partial charge in [0.05, 0.1) is 12.3 Å². The second kappa shape index (κ2) is 10.2. The van der Waals surface area contributed by atoms with Gasteiger partial charge in [-0.15, -0.1) is 0 Å². The molecular weight excluding hydrogens is 412 g/mol. The molecule has 2 aliphatic heterocycles. The second-order valence-electron chi connectivity index (χ2n) is 9.65. The Hall–Kier alpha value is -2.47. The molecule has 1 atom stereocenters. The van der Waals surface area contributed by atoms with Gasteiger partial charge in [-0.05, 0) is 71.4 Å². The third-order valence-corrected chi connectivity index (χ3v) is 7.62. The van der Waals surface area contributed by atoms with E-state index in [9.17, 15) is 4.79 Å². The van der Waals surface area contributed by atoms with Crippen LogP contribution in [-0.4, -0.2) is 64.5 Å². The van der Waals surface area contributed by atoms with E-state index >= 15 is 0 Å². The molecule has 1 amide bonds. The summed E-state index contributed by atoms with van der Waals surface area (Å²) < 4.78 is 5.94. The molecule has 0 spiro atoms. The van der Waals surface area contributed by atoms with Gasteiger partial charge in [0.15, 0.2) is 5.82 Å². The zero-order valence-electron chi connectivity index (χ0n) is 19.8. The first kappa shape index (κ1) is 22.3. The van der Waals surface area contributed by atoms with Gasteiger partial charge in [-0.25, -0.2) is 4.98 Å². The van der Waals surface area contributed by atoms with E-state index < -0.39 is 0 Å². The average Bonchev–Trinajstić information content (AvgIpc) is 3.31. The largest absolute Gasteiger partial charge is 0.478 e. The maximum atomic E-state index is 13.4. The van der Waals surface area contributed by atoms with Crippen molar-refractivity contribution in [3.05, 3.63) is 41.6 Å². The summed E-state index contributed by atoms with van der Waals surface area (Å²) in [5, 5.41) is 0. The molecule has 2 saturated heterocycles. The Bertz CT molecular complexity index is 950. The lowest BCUT2D eigenvalue weighted by Crippen LogP contribution is -2.47. The molecule has 3 heterocycles. The van der Waals surface area contributed by atoms with Crippen molar-refractivity contribution in [2.75, 3.05) is 32.8 Å². The summed E-state index contributed by atoms with van der Waals surface area (Å²) in [5.74, 6) is 1.82. The Balaban J connectivity index is 1.27. The van der Waals surface area contributed by atoms with Gasteiger partial charge in [-0.3, -0.25) is 4.79 Å². The summed E-state index contributed by atoms with van der Waals surface area (Å²) in [4.78, 5) is 27.9. The molecule has 33 heavy (non-hydrogen) atoms. The first-order valence-electron chi connectivity index (χ1n) is 12.8. The summed E-state index contributed by atoms with van der Waals surface area (Å²) in [6.07, 6.45) is 8.23. The number of benzene rings is 1. The van der Waals surface area contributed by atoms with Crippen molar-refractivity contribution in [2.45, 2.75) is 64.3 Å². The Kier molecular flexibility index (Phi) is 6.91. The molecule has 1 aromatic heterocycles. The normalized spacial score (nSPS) is 22.1. The third-order valence-electron chi connectivity index (χ3n) is 7.62. The Morgan fingerprint density at radius 1 is 0.970 bits per heavy atom. The van der Waals surface area contributed by atoms with Crippen LogP contribution in [0.2, 0.25) is 0 Å². The molecule has 0 N–H and O–H groups in total. The molecule has 1 aliphatic carbocycles. The molecule has 5 rings (SSSR count). The molecule has 2 fully saturated rings. The molecule has 6 nitrogen and oxygen atoms in total. The molecule has 1 aromatic carbocycles. The average molecular weight is 449 g/mol. The summed E-state index contributed by atoms with van der Waals surface area (Å²) in [7, 11) is 0. The highest BCUT2D eigenvalue weighted by Crippen LogP contribution is 2.33. The molecule has 6 heteroatoms. The van der Waals surface area contributed by atoms with Gasteiger partial charge in [0.25, 0.3) is 0 Å². The molecule has 176 valence electrons. The lowest BCUT2D eigenvalue weighted by atomic mass is 9.95. The Morgan fingerprint density at radius 2 is 1.70 bits per heavy atom. The first-order chi connectivity index (χ1) is 16.2. The van der Waals surface area contributed by atoms with Crippen molar-refractivity contribution in [1.29, 1.82) is 0 Å². The number of hydrogen-bond donors (Lipinski definition) is 0. The zero-order valence-corrected chi connectivity index (χ0v) is 19.8. The Labute approximate surface area is 197 Å². The topological polar surface area (TPSA) is 58.6 Å². The van der Waals surface area contributed by atoms with Crippen LogP contribution >= 0.6 is 0 Å². The quantitative estimate of drug-likeness (QED) is 0.644.